The lowest BCUT2D eigenvalue weighted by Gasteiger charge is -2.14. The van der Waals surface area contributed by atoms with E-state index in [0.29, 0.717) is 0 Å². The summed E-state index contributed by atoms with van der Waals surface area (Å²) in [6.45, 7) is 0. The first-order chi connectivity index (χ1) is 24.3. The van der Waals surface area contributed by atoms with Crippen LogP contribution in [0.5, 0.6) is 0 Å². The van der Waals surface area contributed by atoms with Gasteiger partial charge in [0, 0.05) is 27.1 Å². The zero-order chi connectivity index (χ0) is 31.8. The van der Waals surface area contributed by atoms with Gasteiger partial charge in [-0.05, 0) is 88.8 Å². The molecular formula is C48H27N. The molecule has 2 aromatic heterocycles. The number of aromatic nitrogens is 1. The van der Waals surface area contributed by atoms with Gasteiger partial charge in [0.1, 0.15) is 0 Å². The van der Waals surface area contributed by atoms with E-state index >= 15 is 0 Å². The van der Waals surface area contributed by atoms with Gasteiger partial charge >= 0.3 is 0 Å². The van der Waals surface area contributed by atoms with Gasteiger partial charge in [-0.15, -0.1) is 0 Å². The van der Waals surface area contributed by atoms with Crippen molar-refractivity contribution in [1.82, 2.24) is 4.40 Å². The fraction of sp³-hybridized carbons (Fsp3) is 0. The Labute approximate surface area is 281 Å². The second-order valence-electron chi connectivity index (χ2n) is 13.6. The highest BCUT2D eigenvalue weighted by Crippen LogP contribution is 2.49. The molecule has 12 aromatic rings. The zero-order valence-corrected chi connectivity index (χ0v) is 26.5. The van der Waals surface area contributed by atoms with Crippen LogP contribution in [0.2, 0.25) is 0 Å². The molecule has 0 atom stereocenters. The van der Waals surface area contributed by atoms with Crippen LogP contribution in [0, 0.1) is 0 Å². The average Bonchev–Trinajstić information content (AvgIpc) is 3.71. The van der Waals surface area contributed by atoms with E-state index < -0.39 is 0 Å². The predicted molar refractivity (Wildman–Crippen MR) is 211 cm³/mol. The molecule has 0 radical (unpaired) electrons. The van der Waals surface area contributed by atoms with Gasteiger partial charge in [0.15, 0.2) is 0 Å². The van der Waals surface area contributed by atoms with Crippen LogP contribution in [0.1, 0.15) is 0 Å². The van der Waals surface area contributed by atoms with E-state index in [0.717, 1.165) is 0 Å². The van der Waals surface area contributed by atoms with E-state index in [9.17, 15) is 0 Å². The third kappa shape index (κ3) is 3.20. The fourth-order valence-corrected chi connectivity index (χ4v) is 9.21. The van der Waals surface area contributed by atoms with Crippen LogP contribution in [0.15, 0.2) is 164 Å². The predicted octanol–water partition coefficient (Wildman–Crippen LogP) is 13.4. The first kappa shape index (κ1) is 25.6. The van der Waals surface area contributed by atoms with Crippen LogP contribution in [0.4, 0.5) is 0 Å². The summed E-state index contributed by atoms with van der Waals surface area (Å²) in [4.78, 5) is 0. The number of benzene rings is 10. The average molecular weight is 618 g/mol. The molecule has 2 heterocycles. The van der Waals surface area contributed by atoms with E-state index in [1.54, 1.807) is 0 Å². The minimum atomic E-state index is 1.23. The number of hydrogen-bond acceptors (Lipinski definition) is 0. The van der Waals surface area contributed by atoms with Gasteiger partial charge in [0.2, 0.25) is 0 Å². The Morgan fingerprint density at radius 2 is 0.735 bits per heavy atom. The molecule has 0 aliphatic carbocycles. The minimum Gasteiger partial charge on any atom is -0.307 e. The van der Waals surface area contributed by atoms with Gasteiger partial charge in [-0.3, -0.25) is 0 Å². The molecule has 12 rings (SSSR count). The maximum Gasteiger partial charge on any atom is 0.0627 e. The summed E-state index contributed by atoms with van der Waals surface area (Å²) in [5.74, 6) is 0. The van der Waals surface area contributed by atoms with E-state index in [1.807, 2.05) is 0 Å². The molecule has 0 N–H and O–H groups in total. The summed E-state index contributed by atoms with van der Waals surface area (Å²) in [7, 11) is 0. The molecule has 1 heteroatoms. The van der Waals surface area contributed by atoms with E-state index in [2.05, 4.69) is 168 Å². The Hall–Kier alpha value is -6.44. The van der Waals surface area contributed by atoms with Crippen molar-refractivity contribution >= 4 is 92.0 Å². The van der Waals surface area contributed by atoms with Crippen LogP contribution in [-0.2, 0) is 0 Å². The molecule has 0 unspecified atom stereocenters. The molecule has 0 saturated heterocycles. The highest BCUT2D eigenvalue weighted by atomic mass is 14.9. The Morgan fingerprint density at radius 3 is 1.43 bits per heavy atom. The lowest BCUT2D eigenvalue weighted by Crippen LogP contribution is -1.89. The lowest BCUT2D eigenvalue weighted by atomic mass is 9.90. The van der Waals surface area contributed by atoms with Crippen molar-refractivity contribution in [3.63, 3.8) is 0 Å². The topological polar surface area (TPSA) is 4.41 Å². The van der Waals surface area contributed by atoms with E-state index in [4.69, 9.17) is 0 Å². The summed E-state index contributed by atoms with van der Waals surface area (Å²) in [5.41, 5.74) is 8.86. The Kier molecular flexibility index (Phi) is 4.77. The molecule has 10 aromatic carbocycles. The van der Waals surface area contributed by atoms with Gasteiger partial charge in [-0.1, -0.05) is 146 Å². The van der Waals surface area contributed by atoms with Crippen molar-refractivity contribution in [3.05, 3.63) is 164 Å². The third-order valence-corrected chi connectivity index (χ3v) is 11.2. The van der Waals surface area contributed by atoms with Gasteiger partial charge in [-0.25, -0.2) is 0 Å². The number of nitrogens with zero attached hydrogens (tertiary/aromatic N) is 1. The van der Waals surface area contributed by atoms with Crippen molar-refractivity contribution in [2.24, 2.45) is 0 Å². The lowest BCUT2D eigenvalue weighted by molar-refractivity contribution is 1.37. The summed E-state index contributed by atoms with van der Waals surface area (Å²) < 4.78 is 2.56. The van der Waals surface area contributed by atoms with Crippen LogP contribution in [0.25, 0.3) is 114 Å². The minimum absolute atomic E-state index is 1.23. The van der Waals surface area contributed by atoms with Crippen LogP contribution in [-0.4, -0.2) is 4.40 Å². The van der Waals surface area contributed by atoms with E-state index in [1.165, 1.54) is 114 Å². The van der Waals surface area contributed by atoms with Crippen molar-refractivity contribution in [3.8, 4) is 22.3 Å². The Bertz CT molecular complexity index is 3290. The summed E-state index contributed by atoms with van der Waals surface area (Å²) >= 11 is 0. The van der Waals surface area contributed by atoms with Crippen LogP contribution in [0.3, 0.4) is 0 Å². The monoisotopic (exact) mass is 617 g/mol. The number of para-hydroxylation sites is 1. The van der Waals surface area contributed by atoms with Crippen LogP contribution >= 0.6 is 0 Å². The fourth-order valence-electron chi connectivity index (χ4n) is 9.21. The van der Waals surface area contributed by atoms with Crippen molar-refractivity contribution in [1.29, 1.82) is 0 Å². The Balaban J connectivity index is 1.16. The highest BCUT2D eigenvalue weighted by Gasteiger charge is 2.25. The normalized spacial score (nSPS) is 12.5. The maximum absolute atomic E-state index is 2.56. The molecule has 0 aliphatic heterocycles. The number of hydrogen-bond donors (Lipinski definition) is 0. The first-order valence-electron chi connectivity index (χ1n) is 17.1. The quantitative estimate of drug-likeness (QED) is 0.170. The molecule has 0 amide bonds. The van der Waals surface area contributed by atoms with Crippen LogP contribution < -0.4 is 0 Å². The van der Waals surface area contributed by atoms with Crippen molar-refractivity contribution in [2.75, 3.05) is 0 Å². The number of fused-ring (bicyclic) bond motifs is 13. The summed E-state index contributed by atoms with van der Waals surface area (Å²) in [6.07, 6.45) is 0. The standard InChI is InChI=1S/C48H27N/c1-2-14-34-32(12-1)33-13-3-6-17-37(33)43-27-29(20-21-38(34)43)28-10-9-11-30(26-28)31-22-23-40-35-15-4-5-16-36(35)41-24-25-42-39-18-7-8-19-44(39)49-47(31)45(40)46(41)48(42)49/h1-27H. The second-order valence-corrected chi connectivity index (χ2v) is 13.6. The molecule has 0 aliphatic rings. The molecule has 49 heavy (non-hydrogen) atoms. The smallest absolute Gasteiger partial charge is 0.0627 e. The summed E-state index contributed by atoms with van der Waals surface area (Å²) in [5, 5.41) is 18.5. The zero-order valence-electron chi connectivity index (χ0n) is 26.5. The molecule has 0 saturated carbocycles. The third-order valence-electron chi connectivity index (χ3n) is 11.2. The first-order valence-corrected chi connectivity index (χ1v) is 17.1. The molecule has 224 valence electrons. The molecular weight excluding hydrogens is 591 g/mol. The van der Waals surface area contributed by atoms with Gasteiger partial charge in [0.05, 0.1) is 16.6 Å². The molecule has 0 bridgehead atoms. The largest absolute Gasteiger partial charge is 0.307 e. The SMILES string of the molecule is c1cc(-c2ccc3c4ccccc4c4ccccc4c3c2)cc(-c2ccc3c4ccccc4c4ccc5c6ccccc6n6c2c3c4c56)c1. The molecule has 0 spiro atoms. The van der Waals surface area contributed by atoms with Crippen molar-refractivity contribution < 1.29 is 0 Å². The summed E-state index contributed by atoms with van der Waals surface area (Å²) in [6, 6.07) is 61.1. The van der Waals surface area contributed by atoms with Gasteiger partial charge < -0.3 is 4.40 Å². The van der Waals surface area contributed by atoms with E-state index in [-0.39, 0.29) is 0 Å². The maximum atomic E-state index is 2.56. The molecule has 0 fully saturated rings. The van der Waals surface area contributed by atoms with Crippen molar-refractivity contribution in [2.45, 2.75) is 0 Å². The number of rotatable bonds is 2. The Morgan fingerprint density at radius 1 is 0.265 bits per heavy atom. The molecule has 1 nitrogen and oxygen atoms in total. The second kappa shape index (κ2) is 9.13. The van der Waals surface area contributed by atoms with Gasteiger partial charge in [-0.2, -0.15) is 0 Å². The van der Waals surface area contributed by atoms with Gasteiger partial charge in [0.25, 0.3) is 0 Å². The highest BCUT2D eigenvalue weighted by molar-refractivity contribution is 6.40.